The average Bonchev–Trinajstić information content (AvgIpc) is 2.99. The third-order valence-corrected chi connectivity index (χ3v) is 7.34. The van der Waals surface area contributed by atoms with Crippen LogP contribution >= 0.6 is 30.9 Å². The molecule has 2 rings (SSSR count). The fraction of sp³-hybridized carbons (Fsp3) is 1.00. The summed E-state index contributed by atoms with van der Waals surface area (Å²) in [5.41, 5.74) is 0. The average molecular weight is 275 g/mol. The number of quaternary nitrogens is 2. The van der Waals surface area contributed by atoms with E-state index in [1.807, 2.05) is 0 Å². The van der Waals surface area contributed by atoms with Gasteiger partial charge in [0.2, 0.25) is 0 Å². The first kappa shape index (κ1) is 12.2. The van der Waals surface area contributed by atoms with Crippen LogP contribution in [0.1, 0.15) is 0 Å². The molecule has 2 aliphatic rings. The fourth-order valence-corrected chi connectivity index (χ4v) is 5.81. The van der Waals surface area contributed by atoms with Gasteiger partial charge >= 0.3 is 7.67 Å². The van der Waals surface area contributed by atoms with Gasteiger partial charge in [0.1, 0.15) is 39.3 Å². The van der Waals surface area contributed by atoms with Crippen LogP contribution in [-0.2, 0) is 4.57 Å². The third-order valence-electron chi connectivity index (χ3n) is 3.59. The zero-order valence-corrected chi connectivity index (χ0v) is 11.0. The third kappa shape index (κ3) is 1.76. The molecule has 0 atom stereocenters. The summed E-state index contributed by atoms with van der Waals surface area (Å²) in [4.78, 5) is 10.3. The molecule has 2 aliphatic heterocycles. The molecule has 2 heterocycles. The van der Waals surface area contributed by atoms with E-state index in [-0.39, 0.29) is 0 Å². The van der Waals surface area contributed by atoms with Gasteiger partial charge in [0.25, 0.3) is 0 Å². The topological polar surface area (TPSA) is 37.3 Å². The van der Waals surface area contributed by atoms with Crippen molar-refractivity contribution in [1.29, 1.82) is 0 Å². The molecule has 0 aromatic carbocycles. The van der Waals surface area contributed by atoms with E-state index >= 15 is 0 Å². The first-order valence-corrected chi connectivity index (χ1v) is 7.85. The first-order chi connectivity index (χ1) is 7.04. The van der Waals surface area contributed by atoms with Crippen molar-refractivity contribution < 1.29 is 18.0 Å². The van der Waals surface area contributed by atoms with E-state index < -0.39 is 7.67 Å². The van der Waals surface area contributed by atoms with Crippen molar-refractivity contribution >= 4 is 30.9 Å². The molecule has 0 saturated carbocycles. The van der Waals surface area contributed by atoms with Gasteiger partial charge in [-0.1, -0.05) is 0 Å². The molecule has 2 saturated heterocycles. The van der Waals surface area contributed by atoms with Crippen molar-refractivity contribution in [2.75, 3.05) is 51.0 Å². The van der Waals surface area contributed by atoms with Gasteiger partial charge in [-0.05, 0) is 0 Å². The van der Waals surface area contributed by atoms with E-state index in [1.54, 1.807) is 0 Å². The van der Waals surface area contributed by atoms with Crippen LogP contribution in [0.4, 0.5) is 0 Å². The maximum atomic E-state index is 12.5. The summed E-state index contributed by atoms with van der Waals surface area (Å²) in [5, 5.41) is 0. The Kier molecular flexibility index (Phi) is 3.13. The Balaban J connectivity index is 2.16. The number of hydrogen-bond acceptors (Lipinski definition) is 1. The molecule has 88 valence electrons. The minimum atomic E-state index is -3.20. The van der Waals surface area contributed by atoms with Crippen LogP contribution in [-0.4, -0.2) is 64.4 Å². The van der Waals surface area contributed by atoms with Crippen molar-refractivity contribution in [3.63, 3.8) is 0 Å². The van der Waals surface area contributed by atoms with Crippen molar-refractivity contribution in [1.82, 2.24) is 0 Å². The first-order valence-electron chi connectivity index (χ1n) is 5.21. The fourth-order valence-electron chi connectivity index (χ4n) is 2.18. The molecule has 0 bridgehead atoms. The maximum absolute atomic E-state index is 12.5. The van der Waals surface area contributed by atoms with Crippen LogP contribution in [0.15, 0.2) is 0 Å². The summed E-state index contributed by atoms with van der Waals surface area (Å²) in [6.45, 7) is 4.40. The number of rotatable bonds is 6. The standard InChI is InChI=1S/C8H16Cl2N2O2P/c9-1-3-11(5-6-11)15(13,14)12(4-2-10)7-8-12/h1-8H2/q+1/p+1. The summed E-state index contributed by atoms with van der Waals surface area (Å²) in [6, 6.07) is 0. The molecule has 0 radical (unpaired) electrons. The summed E-state index contributed by atoms with van der Waals surface area (Å²) in [7, 11) is -3.20. The van der Waals surface area contributed by atoms with Crippen LogP contribution in [0, 0.1) is 0 Å². The molecule has 4 nitrogen and oxygen atoms in total. The lowest BCUT2D eigenvalue weighted by Crippen LogP contribution is -2.37. The molecule has 2 fully saturated rings. The Labute approximate surface area is 100 Å². The Bertz CT molecular complexity index is 279. The van der Waals surface area contributed by atoms with E-state index in [2.05, 4.69) is 0 Å². The SMILES string of the molecule is O=P(O)([N+]1(CCCl)CC1)[N+]1(CCCl)CC1. The van der Waals surface area contributed by atoms with Crippen molar-refractivity contribution in [2.24, 2.45) is 0 Å². The van der Waals surface area contributed by atoms with Crippen LogP contribution in [0.25, 0.3) is 0 Å². The second-order valence-corrected chi connectivity index (χ2v) is 7.90. The monoisotopic (exact) mass is 274 g/mol. The van der Waals surface area contributed by atoms with Gasteiger partial charge in [0.15, 0.2) is 0 Å². The Hall–Kier alpha value is 0.690. The second kappa shape index (κ2) is 3.86. The van der Waals surface area contributed by atoms with Gasteiger partial charge in [0, 0.05) is 0 Å². The highest BCUT2D eigenvalue weighted by molar-refractivity contribution is 7.46. The predicted molar refractivity (Wildman–Crippen MR) is 61.0 cm³/mol. The summed E-state index contributed by atoms with van der Waals surface area (Å²) >= 11 is 11.4. The van der Waals surface area contributed by atoms with E-state index in [1.165, 1.54) is 0 Å². The Morgan fingerprint density at radius 1 is 1.00 bits per heavy atom. The smallest absolute Gasteiger partial charge is 0.255 e. The molecule has 7 heteroatoms. The quantitative estimate of drug-likeness (QED) is 0.449. The minimum absolute atomic E-state index is 0.327. The zero-order chi connectivity index (χ0) is 11.2. The number of halogens is 2. The molecule has 1 N–H and O–H groups in total. The lowest BCUT2D eigenvalue weighted by atomic mass is 10.8. The zero-order valence-electron chi connectivity index (χ0n) is 8.61. The largest absolute Gasteiger partial charge is 0.576 e. The van der Waals surface area contributed by atoms with E-state index in [0.717, 1.165) is 26.2 Å². The van der Waals surface area contributed by atoms with E-state index in [9.17, 15) is 9.46 Å². The molecular weight excluding hydrogens is 258 g/mol. The van der Waals surface area contributed by atoms with Crippen LogP contribution in [0.3, 0.4) is 0 Å². The van der Waals surface area contributed by atoms with Crippen molar-refractivity contribution in [3.8, 4) is 0 Å². The number of hydrogen-bond donors (Lipinski definition) is 1. The van der Waals surface area contributed by atoms with E-state index in [4.69, 9.17) is 23.2 Å². The summed E-state index contributed by atoms with van der Waals surface area (Å²) < 4.78 is 13.2. The maximum Gasteiger partial charge on any atom is 0.576 e. The van der Waals surface area contributed by atoms with Crippen LogP contribution in [0.2, 0.25) is 0 Å². The van der Waals surface area contributed by atoms with Gasteiger partial charge in [-0.2, -0.15) is 4.57 Å². The lowest BCUT2D eigenvalue weighted by Gasteiger charge is -2.27. The van der Waals surface area contributed by atoms with Gasteiger partial charge in [-0.15, -0.1) is 23.2 Å². The highest BCUT2D eigenvalue weighted by Gasteiger charge is 2.74. The molecule has 0 aromatic rings. The van der Waals surface area contributed by atoms with Crippen LogP contribution in [0.5, 0.6) is 0 Å². The normalized spacial score (nSPS) is 26.3. The molecule has 0 amide bonds. The number of nitrogens with zero attached hydrogens (tertiary/aromatic N) is 2. The highest BCUT2D eigenvalue weighted by atomic mass is 35.5. The van der Waals surface area contributed by atoms with Gasteiger partial charge in [-0.25, -0.2) is 8.51 Å². The summed E-state index contributed by atoms with van der Waals surface area (Å²) in [5.74, 6) is 0.900. The number of alkyl halides is 2. The molecule has 0 aromatic heterocycles. The Morgan fingerprint density at radius 2 is 1.33 bits per heavy atom. The lowest BCUT2D eigenvalue weighted by molar-refractivity contribution is -0.784. The van der Waals surface area contributed by atoms with Gasteiger partial charge < -0.3 is 0 Å². The van der Waals surface area contributed by atoms with E-state index in [0.29, 0.717) is 33.4 Å². The Morgan fingerprint density at radius 3 is 1.53 bits per heavy atom. The van der Waals surface area contributed by atoms with Gasteiger partial charge in [-0.3, -0.25) is 4.89 Å². The van der Waals surface area contributed by atoms with Gasteiger partial charge in [0.05, 0.1) is 11.8 Å². The molecule has 0 aliphatic carbocycles. The minimum Gasteiger partial charge on any atom is -0.255 e. The summed E-state index contributed by atoms with van der Waals surface area (Å²) in [6.07, 6.45) is 0. The molecular formula is C8H17Cl2N2O2P+2. The van der Waals surface area contributed by atoms with Crippen LogP contribution < -0.4 is 0 Å². The second-order valence-electron chi connectivity index (χ2n) is 4.42. The molecule has 0 spiro atoms. The highest BCUT2D eigenvalue weighted by Crippen LogP contribution is 2.68. The molecule has 0 unspecified atom stereocenters. The predicted octanol–water partition coefficient (Wildman–Crippen LogP) is 1.23. The molecule has 15 heavy (non-hydrogen) atoms. The van der Waals surface area contributed by atoms with Crippen molar-refractivity contribution in [3.05, 3.63) is 0 Å². The van der Waals surface area contributed by atoms with Crippen molar-refractivity contribution in [2.45, 2.75) is 0 Å².